The van der Waals surface area contributed by atoms with E-state index >= 15 is 0 Å². The van der Waals surface area contributed by atoms with E-state index in [4.69, 9.17) is 0 Å². The van der Waals surface area contributed by atoms with Gasteiger partial charge in [0.15, 0.2) is 0 Å². The Hall–Kier alpha value is -2.47. The van der Waals surface area contributed by atoms with Crippen molar-refractivity contribution in [3.8, 4) is 0 Å². The van der Waals surface area contributed by atoms with Gasteiger partial charge >= 0.3 is 0 Å². The summed E-state index contributed by atoms with van der Waals surface area (Å²) in [5.74, 6) is 0. The number of piperazine rings is 1. The largest absolute Gasteiger partial charge is 0.366 e. The van der Waals surface area contributed by atoms with Crippen LogP contribution in [0.25, 0.3) is 5.65 Å². The topological polar surface area (TPSA) is 49.6 Å². The molecule has 0 spiro atoms. The molecule has 0 unspecified atom stereocenters. The van der Waals surface area contributed by atoms with Gasteiger partial charge in [-0.2, -0.15) is 9.61 Å². The number of benzene rings is 1. The molecule has 124 valence electrons. The molecule has 0 amide bonds. The summed E-state index contributed by atoms with van der Waals surface area (Å²) < 4.78 is 1.80. The molecule has 0 bridgehead atoms. The summed E-state index contributed by atoms with van der Waals surface area (Å²) in [4.78, 5) is 4.92. The van der Waals surface area contributed by atoms with E-state index in [-0.39, 0.29) is 0 Å². The first-order chi connectivity index (χ1) is 11.8. The van der Waals surface area contributed by atoms with Crippen molar-refractivity contribution in [2.75, 3.05) is 31.1 Å². The summed E-state index contributed by atoms with van der Waals surface area (Å²) >= 11 is 0. The molecule has 1 aliphatic heterocycles. The fraction of sp³-hybridized carbons (Fsp3) is 0.389. The van der Waals surface area contributed by atoms with Gasteiger partial charge in [0.1, 0.15) is 6.33 Å². The number of aromatic nitrogens is 4. The molecule has 6 heteroatoms. The highest BCUT2D eigenvalue weighted by molar-refractivity contribution is 5.68. The van der Waals surface area contributed by atoms with Gasteiger partial charge in [0, 0.05) is 32.7 Å². The van der Waals surface area contributed by atoms with Crippen LogP contribution in [0.5, 0.6) is 0 Å². The number of aryl methyl sites for hydroxylation is 1. The third-order valence-electron chi connectivity index (χ3n) is 4.62. The van der Waals surface area contributed by atoms with Crippen LogP contribution < -0.4 is 4.90 Å². The molecule has 0 aliphatic carbocycles. The average molecular weight is 322 g/mol. The van der Waals surface area contributed by atoms with Crippen LogP contribution in [-0.2, 0) is 13.0 Å². The van der Waals surface area contributed by atoms with Crippen molar-refractivity contribution in [3.05, 3.63) is 54.0 Å². The minimum atomic E-state index is 0.851. The van der Waals surface area contributed by atoms with Gasteiger partial charge in [-0.25, -0.2) is 0 Å². The second-order valence-corrected chi connectivity index (χ2v) is 6.22. The molecule has 1 fully saturated rings. The van der Waals surface area contributed by atoms with Gasteiger partial charge in [-0.3, -0.25) is 4.90 Å². The monoisotopic (exact) mass is 322 g/mol. The van der Waals surface area contributed by atoms with E-state index in [1.54, 1.807) is 10.8 Å². The second-order valence-electron chi connectivity index (χ2n) is 6.22. The number of hydrogen-bond acceptors (Lipinski definition) is 5. The molecule has 1 saturated heterocycles. The Morgan fingerprint density at radius 2 is 1.83 bits per heavy atom. The summed E-state index contributed by atoms with van der Waals surface area (Å²) in [6, 6.07) is 12.8. The van der Waals surface area contributed by atoms with E-state index in [1.807, 2.05) is 0 Å². The van der Waals surface area contributed by atoms with E-state index in [2.05, 4.69) is 68.4 Å². The molecular weight excluding hydrogens is 300 g/mol. The van der Waals surface area contributed by atoms with Crippen LogP contribution >= 0.6 is 0 Å². The molecule has 3 heterocycles. The molecule has 2 aromatic heterocycles. The van der Waals surface area contributed by atoms with Crippen LogP contribution in [0, 0.1) is 0 Å². The van der Waals surface area contributed by atoms with Crippen LogP contribution in [-0.4, -0.2) is 50.9 Å². The number of rotatable bonds is 4. The Bertz CT molecular complexity index is 805. The molecule has 0 saturated carbocycles. The van der Waals surface area contributed by atoms with Gasteiger partial charge in [0.05, 0.1) is 11.4 Å². The van der Waals surface area contributed by atoms with Crippen molar-refractivity contribution in [3.63, 3.8) is 0 Å². The fourth-order valence-electron chi connectivity index (χ4n) is 3.26. The fourth-order valence-corrected chi connectivity index (χ4v) is 3.26. The van der Waals surface area contributed by atoms with Gasteiger partial charge < -0.3 is 4.90 Å². The second kappa shape index (κ2) is 6.57. The highest BCUT2D eigenvalue weighted by Gasteiger charge is 2.20. The van der Waals surface area contributed by atoms with Crippen molar-refractivity contribution in [1.82, 2.24) is 24.7 Å². The van der Waals surface area contributed by atoms with Crippen LogP contribution in [0.4, 0.5) is 5.69 Å². The van der Waals surface area contributed by atoms with E-state index in [9.17, 15) is 0 Å². The molecule has 6 nitrogen and oxygen atoms in total. The molecular formula is C18H22N6. The van der Waals surface area contributed by atoms with Crippen LogP contribution in [0.15, 0.2) is 42.7 Å². The van der Waals surface area contributed by atoms with Crippen LogP contribution in [0.3, 0.4) is 0 Å². The smallest absolute Gasteiger partial charge is 0.200 e. The number of anilines is 1. The minimum Gasteiger partial charge on any atom is -0.366 e. The first-order valence-corrected chi connectivity index (χ1v) is 8.54. The summed E-state index contributed by atoms with van der Waals surface area (Å²) in [5.41, 5.74) is 4.45. The van der Waals surface area contributed by atoms with Gasteiger partial charge in [0.2, 0.25) is 5.65 Å². The Balaban J connectivity index is 1.49. The Labute approximate surface area is 141 Å². The van der Waals surface area contributed by atoms with Gasteiger partial charge in [0.25, 0.3) is 0 Å². The third-order valence-corrected chi connectivity index (χ3v) is 4.62. The zero-order valence-corrected chi connectivity index (χ0v) is 14.0. The summed E-state index contributed by atoms with van der Waals surface area (Å²) in [5, 5.41) is 12.8. The average Bonchev–Trinajstić information content (AvgIpc) is 3.11. The lowest BCUT2D eigenvalue weighted by molar-refractivity contribution is 0.250. The Morgan fingerprint density at radius 3 is 2.58 bits per heavy atom. The molecule has 1 aliphatic rings. The van der Waals surface area contributed by atoms with Crippen molar-refractivity contribution in [2.45, 2.75) is 19.9 Å². The molecule has 3 aromatic rings. The Morgan fingerprint density at radius 1 is 1.04 bits per heavy atom. The number of fused-ring (bicyclic) bond motifs is 1. The minimum absolute atomic E-state index is 0.851. The summed E-state index contributed by atoms with van der Waals surface area (Å²) in [7, 11) is 0. The van der Waals surface area contributed by atoms with E-state index in [1.165, 1.54) is 5.56 Å². The summed E-state index contributed by atoms with van der Waals surface area (Å²) in [6.45, 7) is 7.26. The van der Waals surface area contributed by atoms with E-state index < -0.39 is 0 Å². The lowest BCUT2D eigenvalue weighted by atomic mass is 10.2. The first-order valence-electron chi connectivity index (χ1n) is 8.54. The number of hydrogen-bond donors (Lipinski definition) is 0. The summed E-state index contributed by atoms with van der Waals surface area (Å²) in [6.07, 6.45) is 2.60. The SMILES string of the molecule is CCc1cc(N2CCN(Cc3ccccc3)CC2)c2nncn2n1. The third kappa shape index (κ3) is 2.97. The lowest BCUT2D eigenvalue weighted by Crippen LogP contribution is -2.46. The molecule has 0 atom stereocenters. The molecule has 4 rings (SSSR count). The number of nitrogens with zero attached hydrogens (tertiary/aromatic N) is 6. The quantitative estimate of drug-likeness (QED) is 0.735. The maximum absolute atomic E-state index is 4.53. The van der Waals surface area contributed by atoms with Gasteiger partial charge in [-0.15, -0.1) is 10.2 Å². The highest BCUT2D eigenvalue weighted by atomic mass is 15.4. The van der Waals surface area contributed by atoms with E-state index in [0.29, 0.717) is 0 Å². The predicted molar refractivity (Wildman–Crippen MR) is 94.1 cm³/mol. The van der Waals surface area contributed by atoms with Crippen molar-refractivity contribution in [1.29, 1.82) is 0 Å². The first kappa shape index (κ1) is 15.1. The zero-order valence-electron chi connectivity index (χ0n) is 14.0. The molecule has 24 heavy (non-hydrogen) atoms. The molecule has 0 N–H and O–H groups in total. The van der Waals surface area contributed by atoms with Crippen LogP contribution in [0.2, 0.25) is 0 Å². The maximum atomic E-state index is 4.53. The normalized spacial score (nSPS) is 16.0. The predicted octanol–water partition coefficient (Wildman–Crippen LogP) is 2.01. The molecule has 0 radical (unpaired) electrons. The van der Waals surface area contributed by atoms with Crippen molar-refractivity contribution in [2.24, 2.45) is 0 Å². The van der Waals surface area contributed by atoms with Crippen molar-refractivity contribution >= 4 is 11.3 Å². The molecule has 1 aromatic carbocycles. The van der Waals surface area contributed by atoms with Crippen LogP contribution in [0.1, 0.15) is 18.2 Å². The maximum Gasteiger partial charge on any atom is 0.200 e. The standard InChI is InChI=1S/C18H22N6/c1-2-16-12-17(18-20-19-14-24(18)21-16)23-10-8-22(9-11-23)13-15-6-4-3-5-7-15/h3-7,12,14H,2,8-11,13H2,1H3. The highest BCUT2D eigenvalue weighted by Crippen LogP contribution is 2.22. The lowest BCUT2D eigenvalue weighted by Gasteiger charge is -2.36. The van der Waals surface area contributed by atoms with Gasteiger partial charge in [-0.1, -0.05) is 37.3 Å². The zero-order chi connectivity index (χ0) is 16.4. The van der Waals surface area contributed by atoms with Gasteiger partial charge in [-0.05, 0) is 18.1 Å². The van der Waals surface area contributed by atoms with Crippen molar-refractivity contribution < 1.29 is 0 Å². The Kier molecular flexibility index (Phi) is 4.13. The van der Waals surface area contributed by atoms with E-state index in [0.717, 1.165) is 56.2 Å².